The molecule has 0 atom stereocenters. The number of aromatic nitrogens is 3. The minimum atomic E-state index is 0.248. The first kappa shape index (κ1) is 19.4. The van der Waals surface area contributed by atoms with Gasteiger partial charge in [-0.1, -0.05) is 33.9 Å². The summed E-state index contributed by atoms with van der Waals surface area (Å²) < 4.78 is 5.47. The van der Waals surface area contributed by atoms with Gasteiger partial charge in [-0.2, -0.15) is 4.98 Å². The summed E-state index contributed by atoms with van der Waals surface area (Å²) in [6, 6.07) is 4.00. The van der Waals surface area contributed by atoms with Crippen molar-refractivity contribution in [1.82, 2.24) is 20.0 Å². The second-order valence-corrected chi connectivity index (χ2v) is 8.30. The number of anilines is 1. The van der Waals surface area contributed by atoms with Crippen LogP contribution in [-0.2, 0) is 4.79 Å². The number of nitrogens with zero attached hydrogens (tertiary/aromatic N) is 5. The number of pyridine rings is 1. The van der Waals surface area contributed by atoms with Crippen LogP contribution >= 0.6 is 15.9 Å². The maximum Gasteiger partial charge on any atom is 0.230 e. The van der Waals surface area contributed by atoms with E-state index in [0.29, 0.717) is 18.2 Å². The second-order valence-electron chi connectivity index (χ2n) is 7.50. The number of alkyl halides is 1. The molecule has 0 radical (unpaired) electrons. The zero-order valence-electron chi connectivity index (χ0n) is 16.0. The lowest BCUT2D eigenvalue weighted by Crippen LogP contribution is -2.49. The molecule has 1 aliphatic heterocycles. The van der Waals surface area contributed by atoms with E-state index in [1.165, 1.54) is 12.8 Å². The van der Waals surface area contributed by atoms with Crippen LogP contribution in [0.3, 0.4) is 0 Å². The molecular formula is C20H26BrN5O2. The summed E-state index contributed by atoms with van der Waals surface area (Å²) in [5.41, 5.74) is 0.875. The standard InChI is InChI=1S/C20H26BrN5O2/c21-9-3-6-18(27)26-12-10-25(11-13-26)17-8-7-16(14-22-17)19-23-20(28-24-19)15-4-1-2-5-15/h7-8,14-15H,1-6,9-13H2. The molecule has 1 saturated heterocycles. The van der Waals surface area contributed by atoms with Crippen molar-refractivity contribution >= 4 is 27.7 Å². The molecule has 0 N–H and O–H groups in total. The van der Waals surface area contributed by atoms with Crippen LogP contribution in [0.1, 0.15) is 50.3 Å². The summed E-state index contributed by atoms with van der Waals surface area (Å²) in [5.74, 6) is 2.97. The maximum atomic E-state index is 12.1. The highest BCUT2D eigenvalue weighted by Crippen LogP contribution is 2.33. The highest BCUT2D eigenvalue weighted by molar-refractivity contribution is 9.09. The van der Waals surface area contributed by atoms with Crippen LogP contribution in [0.5, 0.6) is 0 Å². The smallest absolute Gasteiger partial charge is 0.230 e. The summed E-state index contributed by atoms with van der Waals surface area (Å²) in [6.07, 6.45) is 8.09. The third kappa shape index (κ3) is 4.37. The van der Waals surface area contributed by atoms with Crippen molar-refractivity contribution in [2.75, 3.05) is 36.4 Å². The molecule has 0 spiro atoms. The van der Waals surface area contributed by atoms with Crippen LogP contribution in [0.4, 0.5) is 5.82 Å². The van der Waals surface area contributed by atoms with Crippen molar-refractivity contribution in [1.29, 1.82) is 0 Å². The fourth-order valence-corrected chi connectivity index (χ4v) is 4.24. The van der Waals surface area contributed by atoms with E-state index < -0.39 is 0 Å². The lowest BCUT2D eigenvalue weighted by Gasteiger charge is -2.35. The molecule has 0 bridgehead atoms. The van der Waals surface area contributed by atoms with E-state index in [2.05, 4.69) is 36.0 Å². The number of piperazine rings is 1. The van der Waals surface area contributed by atoms with Gasteiger partial charge in [0.05, 0.1) is 0 Å². The Morgan fingerprint density at radius 1 is 1.18 bits per heavy atom. The summed E-state index contributed by atoms with van der Waals surface area (Å²) in [6.45, 7) is 3.11. The van der Waals surface area contributed by atoms with E-state index >= 15 is 0 Å². The Morgan fingerprint density at radius 3 is 2.64 bits per heavy atom. The molecule has 0 aromatic carbocycles. The average Bonchev–Trinajstić information content (AvgIpc) is 3.44. The lowest BCUT2D eigenvalue weighted by atomic mass is 10.1. The van der Waals surface area contributed by atoms with Gasteiger partial charge < -0.3 is 14.3 Å². The minimum Gasteiger partial charge on any atom is -0.353 e. The summed E-state index contributed by atoms with van der Waals surface area (Å²) in [4.78, 5) is 25.5. The van der Waals surface area contributed by atoms with Gasteiger partial charge in [0.1, 0.15) is 5.82 Å². The molecule has 2 aromatic rings. The van der Waals surface area contributed by atoms with E-state index in [0.717, 1.165) is 68.0 Å². The molecule has 1 saturated carbocycles. The predicted molar refractivity (Wildman–Crippen MR) is 111 cm³/mol. The number of rotatable bonds is 6. The maximum absolute atomic E-state index is 12.1. The number of carbonyl (C=O) groups excluding carboxylic acids is 1. The highest BCUT2D eigenvalue weighted by atomic mass is 79.9. The molecule has 2 aliphatic rings. The summed E-state index contributed by atoms with van der Waals surface area (Å²) in [7, 11) is 0. The quantitative estimate of drug-likeness (QED) is 0.629. The predicted octanol–water partition coefficient (Wildman–Crippen LogP) is 3.61. The number of hydrogen-bond acceptors (Lipinski definition) is 6. The number of amides is 1. The van der Waals surface area contributed by atoms with Crippen molar-refractivity contribution in [3.05, 3.63) is 24.2 Å². The van der Waals surface area contributed by atoms with Gasteiger partial charge in [0.2, 0.25) is 17.6 Å². The topological polar surface area (TPSA) is 75.4 Å². The third-order valence-electron chi connectivity index (χ3n) is 5.63. The first-order valence-corrected chi connectivity index (χ1v) is 11.3. The molecule has 2 fully saturated rings. The SMILES string of the molecule is O=C(CCCBr)N1CCN(c2ccc(-c3noc(C4CCCC4)n3)cn2)CC1. The zero-order valence-corrected chi connectivity index (χ0v) is 17.6. The first-order chi connectivity index (χ1) is 13.7. The van der Waals surface area contributed by atoms with E-state index in [4.69, 9.17) is 4.52 Å². The molecule has 3 heterocycles. The van der Waals surface area contributed by atoms with Crippen LogP contribution < -0.4 is 4.90 Å². The first-order valence-electron chi connectivity index (χ1n) is 10.1. The largest absolute Gasteiger partial charge is 0.353 e. The minimum absolute atomic E-state index is 0.248. The van der Waals surface area contributed by atoms with E-state index in [9.17, 15) is 4.79 Å². The molecule has 0 unspecified atom stereocenters. The zero-order chi connectivity index (χ0) is 19.3. The molecule has 4 rings (SSSR count). The molecular weight excluding hydrogens is 422 g/mol. The Morgan fingerprint density at radius 2 is 1.96 bits per heavy atom. The number of hydrogen-bond donors (Lipinski definition) is 0. The van der Waals surface area contributed by atoms with Crippen molar-refractivity contribution < 1.29 is 9.32 Å². The van der Waals surface area contributed by atoms with Gasteiger partial charge in [0, 0.05) is 55.6 Å². The van der Waals surface area contributed by atoms with Crippen molar-refractivity contribution in [2.45, 2.75) is 44.4 Å². The Bertz CT molecular complexity index is 780. The van der Waals surface area contributed by atoms with Gasteiger partial charge in [-0.3, -0.25) is 4.79 Å². The second kappa shape index (κ2) is 9.03. The summed E-state index contributed by atoms with van der Waals surface area (Å²) >= 11 is 3.38. The molecule has 150 valence electrons. The van der Waals surface area contributed by atoms with Gasteiger partial charge in [-0.05, 0) is 31.4 Å². The molecule has 1 amide bonds. The fraction of sp³-hybridized carbons (Fsp3) is 0.600. The number of halogens is 1. The van der Waals surface area contributed by atoms with Crippen molar-refractivity contribution in [3.63, 3.8) is 0 Å². The molecule has 1 aliphatic carbocycles. The van der Waals surface area contributed by atoms with Crippen LogP contribution in [0.25, 0.3) is 11.4 Å². The van der Waals surface area contributed by atoms with Gasteiger partial charge >= 0.3 is 0 Å². The van der Waals surface area contributed by atoms with E-state index in [1.54, 1.807) is 0 Å². The monoisotopic (exact) mass is 447 g/mol. The summed E-state index contributed by atoms with van der Waals surface area (Å²) in [5, 5.41) is 5.01. The fourth-order valence-electron chi connectivity index (χ4n) is 3.96. The molecule has 28 heavy (non-hydrogen) atoms. The Kier molecular flexibility index (Phi) is 6.24. The van der Waals surface area contributed by atoms with Crippen LogP contribution in [0, 0.1) is 0 Å². The van der Waals surface area contributed by atoms with E-state index in [1.807, 2.05) is 23.2 Å². The van der Waals surface area contributed by atoms with Gasteiger partial charge in [-0.25, -0.2) is 4.98 Å². The van der Waals surface area contributed by atoms with Gasteiger partial charge in [0.25, 0.3) is 0 Å². The van der Waals surface area contributed by atoms with Gasteiger partial charge in [-0.15, -0.1) is 0 Å². The highest BCUT2D eigenvalue weighted by Gasteiger charge is 2.24. The molecule has 2 aromatic heterocycles. The van der Waals surface area contributed by atoms with Crippen LogP contribution in [-0.4, -0.2) is 57.4 Å². The lowest BCUT2D eigenvalue weighted by molar-refractivity contribution is -0.131. The average molecular weight is 448 g/mol. The number of carbonyl (C=O) groups is 1. The van der Waals surface area contributed by atoms with Crippen LogP contribution in [0.15, 0.2) is 22.9 Å². The Labute approximate surface area is 173 Å². The normalized spacial score (nSPS) is 18.0. The van der Waals surface area contributed by atoms with E-state index in [-0.39, 0.29) is 5.91 Å². The molecule has 7 nitrogen and oxygen atoms in total. The Balaban J connectivity index is 1.34. The molecule has 8 heteroatoms. The van der Waals surface area contributed by atoms with Crippen molar-refractivity contribution in [3.8, 4) is 11.4 Å². The third-order valence-corrected chi connectivity index (χ3v) is 6.19. The van der Waals surface area contributed by atoms with Crippen molar-refractivity contribution in [2.24, 2.45) is 0 Å². The van der Waals surface area contributed by atoms with Gasteiger partial charge in [0.15, 0.2) is 0 Å². The van der Waals surface area contributed by atoms with Crippen LogP contribution in [0.2, 0.25) is 0 Å². The Hall–Kier alpha value is -1.96.